The number of benzene rings is 1. The Bertz CT molecular complexity index is 528. The van der Waals surface area contributed by atoms with Crippen LogP contribution in [-0.4, -0.2) is 34.7 Å². The van der Waals surface area contributed by atoms with Crippen LogP contribution in [0.15, 0.2) is 28.7 Å². The van der Waals surface area contributed by atoms with E-state index in [9.17, 15) is 9.59 Å². The molecule has 0 saturated carbocycles. The molecule has 1 unspecified atom stereocenters. The molecule has 0 fully saturated rings. The number of carboxylic acids is 1. The average Bonchev–Trinajstić information content (AvgIpc) is 2.37. The Morgan fingerprint density at radius 1 is 1.45 bits per heavy atom. The highest BCUT2D eigenvalue weighted by molar-refractivity contribution is 9.10. The predicted molar refractivity (Wildman–Crippen MR) is 79.2 cm³/mol. The van der Waals surface area contributed by atoms with Crippen LogP contribution in [0.1, 0.15) is 17.5 Å². The highest BCUT2D eigenvalue weighted by Crippen LogP contribution is 2.19. The Hall–Kier alpha value is -1.66. The molecule has 1 atom stereocenters. The summed E-state index contributed by atoms with van der Waals surface area (Å²) in [5.74, 6) is -1.68. The second-order valence-corrected chi connectivity index (χ2v) is 5.12. The molecule has 20 heavy (non-hydrogen) atoms. The van der Waals surface area contributed by atoms with Crippen molar-refractivity contribution in [2.75, 3.05) is 6.61 Å². The first kappa shape index (κ1) is 16.4. The summed E-state index contributed by atoms with van der Waals surface area (Å²) in [4.78, 5) is 22.5. The standard InChI is InChI=1S/C14H16BrNO4/c1-9-2-3-10(11(15)8-9)4-5-13(18)16-12(6-7-17)14(19)20/h2-5,8,12,17H,6-7H2,1H3,(H,16,18)(H,19,20). The molecule has 0 aromatic heterocycles. The summed E-state index contributed by atoms with van der Waals surface area (Å²) < 4.78 is 0.853. The molecule has 0 aliphatic rings. The molecule has 108 valence electrons. The van der Waals surface area contributed by atoms with Gasteiger partial charge in [0, 0.05) is 23.6 Å². The number of rotatable bonds is 6. The molecule has 0 bridgehead atoms. The minimum atomic E-state index is -1.17. The van der Waals surface area contributed by atoms with Crippen LogP contribution in [0.4, 0.5) is 0 Å². The third-order valence-electron chi connectivity index (χ3n) is 2.60. The molecule has 1 rings (SSSR count). The van der Waals surface area contributed by atoms with Crippen molar-refractivity contribution in [3.8, 4) is 0 Å². The molecular formula is C14H16BrNO4. The number of aryl methyl sites for hydroxylation is 1. The van der Waals surface area contributed by atoms with Crippen molar-refractivity contribution in [3.63, 3.8) is 0 Å². The van der Waals surface area contributed by atoms with E-state index in [-0.39, 0.29) is 13.0 Å². The lowest BCUT2D eigenvalue weighted by Gasteiger charge is -2.11. The lowest BCUT2D eigenvalue weighted by molar-refractivity contribution is -0.141. The quantitative estimate of drug-likeness (QED) is 0.687. The molecule has 0 heterocycles. The van der Waals surface area contributed by atoms with E-state index in [1.807, 2.05) is 25.1 Å². The lowest BCUT2D eigenvalue weighted by atomic mass is 10.1. The van der Waals surface area contributed by atoms with Crippen LogP contribution in [0.3, 0.4) is 0 Å². The highest BCUT2D eigenvalue weighted by atomic mass is 79.9. The van der Waals surface area contributed by atoms with E-state index in [1.54, 1.807) is 6.08 Å². The Balaban J connectivity index is 2.69. The Kier molecular flexibility index (Phi) is 6.41. The molecule has 3 N–H and O–H groups in total. The lowest BCUT2D eigenvalue weighted by Crippen LogP contribution is -2.40. The van der Waals surface area contributed by atoms with Gasteiger partial charge in [0.1, 0.15) is 6.04 Å². The van der Waals surface area contributed by atoms with Gasteiger partial charge in [-0.1, -0.05) is 28.1 Å². The van der Waals surface area contributed by atoms with Crippen molar-refractivity contribution in [2.45, 2.75) is 19.4 Å². The zero-order valence-corrected chi connectivity index (χ0v) is 12.6. The van der Waals surface area contributed by atoms with E-state index < -0.39 is 17.9 Å². The van der Waals surface area contributed by atoms with Crippen LogP contribution in [-0.2, 0) is 9.59 Å². The van der Waals surface area contributed by atoms with Gasteiger partial charge in [-0.3, -0.25) is 4.79 Å². The maximum atomic E-state index is 11.6. The van der Waals surface area contributed by atoms with Gasteiger partial charge in [-0.25, -0.2) is 4.79 Å². The molecule has 0 spiro atoms. The SMILES string of the molecule is Cc1ccc(C=CC(=O)NC(CCO)C(=O)O)c(Br)c1. The average molecular weight is 342 g/mol. The van der Waals surface area contributed by atoms with E-state index in [0.717, 1.165) is 15.6 Å². The number of aliphatic hydroxyl groups is 1. The van der Waals surface area contributed by atoms with Gasteiger partial charge in [0.2, 0.25) is 5.91 Å². The minimum absolute atomic E-state index is 0.0247. The van der Waals surface area contributed by atoms with Crippen LogP contribution in [0.2, 0.25) is 0 Å². The van der Waals surface area contributed by atoms with Crippen LogP contribution >= 0.6 is 15.9 Å². The van der Waals surface area contributed by atoms with Crippen molar-refractivity contribution in [1.29, 1.82) is 0 Å². The van der Waals surface area contributed by atoms with Crippen LogP contribution in [0.25, 0.3) is 6.08 Å². The van der Waals surface area contributed by atoms with Gasteiger partial charge in [-0.15, -0.1) is 0 Å². The summed E-state index contributed by atoms with van der Waals surface area (Å²) in [6.45, 7) is 1.65. The summed E-state index contributed by atoms with van der Waals surface area (Å²) >= 11 is 3.39. The molecule has 5 nitrogen and oxygen atoms in total. The van der Waals surface area contributed by atoms with Gasteiger partial charge in [0.25, 0.3) is 0 Å². The van der Waals surface area contributed by atoms with E-state index >= 15 is 0 Å². The smallest absolute Gasteiger partial charge is 0.326 e. The van der Waals surface area contributed by atoms with Crippen molar-refractivity contribution in [2.24, 2.45) is 0 Å². The molecule has 6 heteroatoms. The number of nitrogens with one attached hydrogen (secondary N) is 1. The van der Waals surface area contributed by atoms with Gasteiger partial charge >= 0.3 is 5.97 Å². The number of aliphatic hydroxyl groups excluding tert-OH is 1. The van der Waals surface area contributed by atoms with Crippen molar-refractivity contribution < 1.29 is 19.8 Å². The predicted octanol–water partition coefficient (Wildman–Crippen LogP) is 1.72. The molecule has 0 saturated heterocycles. The summed E-state index contributed by atoms with van der Waals surface area (Å²) in [6, 6.07) is 4.60. The summed E-state index contributed by atoms with van der Waals surface area (Å²) in [5.41, 5.74) is 1.91. The van der Waals surface area contributed by atoms with Crippen LogP contribution in [0, 0.1) is 6.92 Å². The van der Waals surface area contributed by atoms with Gasteiger partial charge < -0.3 is 15.5 Å². The Labute approximate surface area is 125 Å². The second-order valence-electron chi connectivity index (χ2n) is 4.27. The third-order valence-corrected chi connectivity index (χ3v) is 3.29. The molecular weight excluding hydrogens is 326 g/mol. The Morgan fingerprint density at radius 2 is 2.15 bits per heavy atom. The number of hydrogen-bond acceptors (Lipinski definition) is 3. The third kappa shape index (κ3) is 5.14. The topological polar surface area (TPSA) is 86.6 Å². The number of hydrogen-bond donors (Lipinski definition) is 3. The molecule has 0 radical (unpaired) electrons. The van der Waals surface area contributed by atoms with Gasteiger partial charge in [0.15, 0.2) is 0 Å². The zero-order chi connectivity index (χ0) is 15.1. The highest BCUT2D eigenvalue weighted by Gasteiger charge is 2.17. The van der Waals surface area contributed by atoms with Gasteiger partial charge in [-0.05, 0) is 30.2 Å². The second kappa shape index (κ2) is 7.81. The number of carbonyl (C=O) groups excluding carboxylic acids is 1. The molecule has 0 aliphatic heterocycles. The number of carbonyl (C=O) groups is 2. The molecule has 1 aromatic carbocycles. The van der Waals surface area contributed by atoms with Crippen molar-refractivity contribution in [1.82, 2.24) is 5.32 Å². The van der Waals surface area contributed by atoms with Crippen LogP contribution < -0.4 is 5.32 Å². The van der Waals surface area contributed by atoms with E-state index in [2.05, 4.69) is 21.2 Å². The largest absolute Gasteiger partial charge is 0.480 e. The Morgan fingerprint density at radius 3 is 2.70 bits per heavy atom. The number of aliphatic carboxylic acids is 1. The fourth-order valence-corrected chi connectivity index (χ4v) is 2.16. The van der Waals surface area contributed by atoms with Gasteiger partial charge in [0.05, 0.1) is 0 Å². The minimum Gasteiger partial charge on any atom is -0.480 e. The first-order chi connectivity index (χ1) is 9.43. The van der Waals surface area contributed by atoms with E-state index in [0.29, 0.717) is 0 Å². The van der Waals surface area contributed by atoms with E-state index in [4.69, 9.17) is 10.2 Å². The summed E-state index contributed by atoms with van der Waals surface area (Å²) in [7, 11) is 0. The first-order valence-electron chi connectivity index (χ1n) is 6.02. The number of halogens is 1. The summed E-state index contributed by atoms with van der Waals surface area (Å²) in [6.07, 6.45) is 2.84. The fraction of sp³-hybridized carbons (Fsp3) is 0.286. The van der Waals surface area contributed by atoms with E-state index in [1.165, 1.54) is 6.08 Å². The molecule has 0 aliphatic carbocycles. The molecule has 1 aromatic rings. The normalized spacial score (nSPS) is 12.3. The van der Waals surface area contributed by atoms with Crippen molar-refractivity contribution >= 4 is 33.9 Å². The number of amides is 1. The van der Waals surface area contributed by atoms with Gasteiger partial charge in [-0.2, -0.15) is 0 Å². The maximum Gasteiger partial charge on any atom is 0.326 e. The zero-order valence-electron chi connectivity index (χ0n) is 11.0. The number of carboxylic acid groups (broad SMARTS) is 1. The van der Waals surface area contributed by atoms with Crippen LogP contribution in [0.5, 0.6) is 0 Å². The first-order valence-corrected chi connectivity index (χ1v) is 6.81. The fourth-order valence-electron chi connectivity index (χ4n) is 1.54. The molecule has 1 amide bonds. The van der Waals surface area contributed by atoms with Crippen molar-refractivity contribution in [3.05, 3.63) is 39.9 Å². The monoisotopic (exact) mass is 341 g/mol. The summed E-state index contributed by atoms with van der Waals surface area (Å²) in [5, 5.41) is 19.9. The maximum absolute atomic E-state index is 11.6.